The van der Waals surface area contributed by atoms with E-state index in [1.165, 1.54) is 5.56 Å². The van der Waals surface area contributed by atoms with Crippen molar-refractivity contribution in [2.24, 2.45) is 5.92 Å². The van der Waals surface area contributed by atoms with E-state index >= 15 is 0 Å². The van der Waals surface area contributed by atoms with Crippen molar-refractivity contribution in [1.82, 2.24) is 0 Å². The van der Waals surface area contributed by atoms with E-state index in [9.17, 15) is 9.59 Å². The van der Waals surface area contributed by atoms with Gasteiger partial charge in [-0.15, -0.1) is 0 Å². The maximum atomic E-state index is 13.1. The van der Waals surface area contributed by atoms with Crippen LogP contribution in [-0.2, 0) is 15.0 Å². The van der Waals surface area contributed by atoms with Gasteiger partial charge in [-0.05, 0) is 54.7 Å². The van der Waals surface area contributed by atoms with Gasteiger partial charge in [-0.25, -0.2) is 0 Å². The van der Waals surface area contributed by atoms with Crippen molar-refractivity contribution in [3.05, 3.63) is 59.7 Å². The highest BCUT2D eigenvalue weighted by atomic mass is 16.2. The Labute approximate surface area is 168 Å². The molecule has 4 nitrogen and oxygen atoms in total. The van der Waals surface area contributed by atoms with Gasteiger partial charge in [0.05, 0.1) is 5.92 Å². The zero-order valence-electron chi connectivity index (χ0n) is 17.5. The van der Waals surface area contributed by atoms with Crippen LogP contribution in [0.2, 0.25) is 0 Å². The van der Waals surface area contributed by atoms with Crippen LogP contribution in [0.1, 0.15) is 45.2 Å². The summed E-state index contributed by atoms with van der Waals surface area (Å²) in [7, 11) is 0. The fourth-order valence-corrected chi connectivity index (χ4v) is 3.75. The van der Waals surface area contributed by atoms with E-state index < -0.39 is 0 Å². The minimum Gasteiger partial charge on any atom is -0.312 e. The van der Waals surface area contributed by atoms with E-state index in [1.54, 1.807) is 9.80 Å². The van der Waals surface area contributed by atoms with Gasteiger partial charge in [-0.1, -0.05) is 45.0 Å². The van der Waals surface area contributed by atoms with Crippen LogP contribution >= 0.6 is 0 Å². The van der Waals surface area contributed by atoms with Gasteiger partial charge < -0.3 is 9.80 Å². The van der Waals surface area contributed by atoms with Crippen molar-refractivity contribution in [3.63, 3.8) is 0 Å². The van der Waals surface area contributed by atoms with Gasteiger partial charge >= 0.3 is 0 Å². The monoisotopic (exact) mass is 378 g/mol. The Hall–Kier alpha value is -2.62. The molecule has 1 aliphatic rings. The van der Waals surface area contributed by atoms with E-state index in [0.29, 0.717) is 13.1 Å². The maximum Gasteiger partial charge on any atom is 0.232 e. The molecule has 1 fully saturated rings. The van der Waals surface area contributed by atoms with Crippen LogP contribution < -0.4 is 9.80 Å². The topological polar surface area (TPSA) is 40.6 Å². The van der Waals surface area contributed by atoms with Crippen molar-refractivity contribution in [1.29, 1.82) is 0 Å². The summed E-state index contributed by atoms with van der Waals surface area (Å²) in [5.41, 5.74) is 4.18. The lowest BCUT2D eigenvalue weighted by Crippen LogP contribution is -2.37. The highest BCUT2D eigenvalue weighted by Crippen LogP contribution is 2.30. The average molecular weight is 379 g/mol. The molecule has 28 heavy (non-hydrogen) atoms. The number of hydrogen-bond acceptors (Lipinski definition) is 2. The Kier molecular flexibility index (Phi) is 5.59. The summed E-state index contributed by atoms with van der Waals surface area (Å²) in [6, 6.07) is 16.1. The number of anilines is 2. The number of rotatable bonds is 4. The molecule has 1 atom stereocenters. The molecule has 0 spiro atoms. The molecule has 2 aromatic rings. The van der Waals surface area contributed by atoms with Gasteiger partial charge in [0.1, 0.15) is 0 Å². The minimum atomic E-state index is -0.310. The van der Waals surface area contributed by atoms with Crippen LogP contribution in [0, 0.1) is 12.8 Å². The number of hydrogen-bond donors (Lipinski definition) is 0. The van der Waals surface area contributed by atoms with Crippen LogP contribution in [0.15, 0.2) is 48.5 Å². The van der Waals surface area contributed by atoms with Crippen molar-refractivity contribution in [2.45, 2.75) is 46.5 Å². The lowest BCUT2D eigenvalue weighted by Gasteiger charge is -2.25. The highest BCUT2D eigenvalue weighted by Gasteiger charge is 2.37. The Morgan fingerprint density at radius 1 is 1.14 bits per heavy atom. The average Bonchev–Trinajstić information content (AvgIpc) is 3.03. The lowest BCUT2D eigenvalue weighted by molar-refractivity contribution is -0.124. The van der Waals surface area contributed by atoms with E-state index in [0.717, 1.165) is 16.9 Å². The van der Waals surface area contributed by atoms with Crippen LogP contribution in [0.4, 0.5) is 11.4 Å². The molecule has 2 amide bonds. The maximum absolute atomic E-state index is 13.1. The molecular weight excluding hydrogens is 348 g/mol. The zero-order valence-corrected chi connectivity index (χ0v) is 17.5. The second-order valence-electron chi connectivity index (χ2n) is 8.62. The Bertz CT molecular complexity index is 865. The van der Waals surface area contributed by atoms with E-state index in [4.69, 9.17) is 0 Å². The van der Waals surface area contributed by atoms with Gasteiger partial charge in [0.25, 0.3) is 0 Å². The molecular formula is C24H30N2O2. The molecule has 0 saturated carbocycles. The second kappa shape index (κ2) is 7.78. The number of carbonyl (C=O) groups is 2. The SMILES string of the molecule is CCN(C(=O)C1CC(=O)N(c2ccc(C(C)(C)C)cc2)C1)c1cccc(C)c1. The summed E-state index contributed by atoms with van der Waals surface area (Å²) in [4.78, 5) is 29.3. The van der Waals surface area contributed by atoms with E-state index in [2.05, 4.69) is 32.9 Å². The number of nitrogens with zero attached hydrogens (tertiary/aromatic N) is 2. The first kappa shape index (κ1) is 20.1. The molecule has 0 bridgehead atoms. The fourth-order valence-electron chi connectivity index (χ4n) is 3.75. The summed E-state index contributed by atoms with van der Waals surface area (Å²) in [6.45, 7) is 11.5. The van der Waals surface area contributed by atoms with Crippen molar-refractivity contribution >= 4 is 23.2 Å². The molecule has 1 saturated heterocycles. The summed E-state index contributed by atoms with van der Waals surface area (Å²) in [6.07, 6.45) is 0.266. The number of amides is 2. The van der Waals surface area contributed by atoms with Gasteiger partial charge in [0, 0.05) is 30.9 Å². The third-order valence-corrected chi connectivity index (χ3v) is 5.41. The normalized spacial score (nSPS) is 17.1. The minimum absolute atomic E-state index is 0.0159. The van der Waals surface area contributed by atoms with Crippen LogP contribution in [0.5, 0.6) is 0 Å². The van der Waals surface area contributed by atoms with Crippen molar-refractivity contribution in [2.75, 3.05) is 22.9 Å². The molecule has 1 aliphatic heterocycles. The molecule has 1 heterocycles. The lowest BCUT2D eigenvalue weighted by atomic mass is 9.87. The summed E-state index contributed by atoms with van der Waals surface area (Å²) in [5, 5.41) is 0. The quantitative estimate of drug-likeness (QED) is 0.774. The van der Waals surface area contributed by atoms with Crippen LogP contribution in [0.25, 0.3) is 0 Å². The van der Waals surface area contributed by atoms with Gasteiger partial charge in [-0.2, -0.15) is 0 Å². The third kappa shape index (κ3) is 4.11. The first-order valence-corrected chi connectivity index (χ1v) is 9.99. The predicted molar refractivity (Wildman–Crippen MR) is 115 cm³/mol. The highest BCUT2D eigenvalue weighted by molar-refractivity contribution is 6.04. The summed E-state index contributed by atoms with van der Waals surface area (Å²) in [5.74, 6) is -0.271. The zero-order chi connectivity index (χ0) is 20.5. The van der Waals surface area contributed by atoms with Crippen molar-refractivity contribution < 1.29 is 9.59 Å². The van der Waals surface area contributed by atoms with Crippen LogP contribution in [0.3, 0.4) is 0 Å². The van der Waals surface area contributed by atoms with Gasteiger partial charge in [-0.3, -0.25) is 9.59 Å². The first-order valence-electron chi connectivity index (χ1n) is 9.99. The largest absolute Gasteiger partial charge is 0.312 e. The third-order valence-electron chi connectivity index (χ3n) is 5.41. The molecule has 2 aromatic carbocycles. The summed E-state index contributed by atoms with van der Waals surface area (Å²) >= 11 is 0. The second-order valence-corrected chi connectivity index (χ2v) is 8.62. The molecule has 3 rings (SSSR count). The first-order chi connectivity index (χ1) is 13.2. The Morgan fingerprint density at radius 3 is 2.39 bits per heavy atom. The Balaban J connectivity index is 1.77. The van der Waals surface area contributed by atoms with E-state index in [1.807, 2.05) is 50.2 Å². The predicted octanol–water partition coefficient (Wildman–Crippen LogP) is 4.70. The van der Waals surface area contributed by atoms with E-state index in [-0.39, 0.29) is 29.6 Å². The number of carbonyl (C=O) groups excluding carboxylic acids is 2. The molecule has 0 N–H and O–H groups in total. The molecule has 4 heteroatoms. The number of aryl methyl sites for hydroxylation is 1. The standard InChI is InChI=1S/C24H30N2O2/c1-6-25(21-9-7-8-17(2)14-21)23(28)18-15-22(27)26(16-18)20-12-10-19(11-13-20)24(3,4)5/h7-14,18H,6,15-16H2,1-5H3. The molecule has 0 aliphatic carbocycles. The smallest absolute Gasteiger partial charge is 0.232 e. The molecule has 0 radical (unpaired) electrons. The Morgan fingerprint density at radius 2 is 1.82 bits per heavy atom. The van der Waals surface area contributed by atoms with Crippen molar-refractivity contribution in [3.8, 4) is 0 Å². The fraction of sp³-hybridized carbons (Fsp3) is 0.417. The molecule has 148 valence electrons. The molecule has 0 aromatic heterocycles. The number of benzene rings is 2. The molecule has 1 unspecified atom stereocenters. The van der Waals surface area contributed by atoms with Gasteiger partial charge in [0.15, 0.2) is 0 Å². The summed E-state index contributed by atoms with van der Waals surface area (Å²) < 4.78 is 0. The van der Waals surface area contributed by atoms with Crippen LogP contribution in [-0.4, -0.2) is 24.9 Å². The van der Waals surface area contributed by atoms with Gasteiger partial charge in [0.2, 0.25) is 11.8 Å².